The Morgan fingerprint density at radius 1 is 1.17 bits per heavy atom. The first kappa shape index (κ1) is 17.4. The van der Waals surface area contributed by atoms with Crippen molar-refractivity contribution in [3.63, 3.8) is 0 Å². The van der Waals surface area contributed by atoms with Gasteiger partial charge in [0.2, 0.25) is 5.95 Å². The van der Waals surface area contributed by atoms with Crippen molar-refractivity contribution in [3.8, 4) is 0 Å². The molecule has 0 spiro atoms. The monoisotopic (exact) mass is 328 g/mol. The van der Waals surface area contributed by atoms with E-state index in [-0.39, 0.29) is 17.9 Å². The van der Waals surface area contributed by atoms with Gasteiger partial charge in [0.25, 0.3) is 5.91 Å². The molecule has 1 heterocycles. The number of rotatable bonds is 6. The molecule has 1 aromatic heterocycles. The highest BCUT2D eigenvalue weighted by atomic mass is 16.5. The van der Waals surface area contributed by atoms with Crippen molar-refractivity contribution in [1.29, 1.82) is 0 Å². The van der Waals surface area contributed by atoms with Crippen LogP contribution in [0.15, 0.2) is 36.7 Å². The van der Waals surface area contributed by atoms with E-state index in [0.717, 1.165) is 0 Å². The average molecular weight is 328 g/mol. The molecule has 2 rings (SSSR count). The van der Waals surface area contributed by atoms with Crippen molar-refractivity contribution in [3.05, 3.63) is 47.8 Å². The van der Waals surface area contributed by atoms with Gasteiger partial charge in [0.1, 0.15) is 0 Å². The lowest BCUT2D eigenvalue weighted by molar-refractivity contribution is 0.0527. The number of ether oxygens (including phenoxy) is 1. The number of nitrogens with zero attached hydrogens (tertiary/aromatic N) is 2. The van der Waals surface area contributed by atoms with E-state index < -0.39 is 5.97 Å². The number of hydrogen-bond donors (Lipinski definition) is 2. The highest BCUT2D eigenvalue weighted by molar-refractivity contribution is 5.96. The zero-order chi connectivity index (χ0) is 17.5. The molecule has 0 fully saturated rings. The summed E-state index contributed by atoms with van der Waals surface area (Å²) in [4.78, 5) is 32.0. The molecule has 1 amide bonds. The van der Waals surface area contributed by atoms with Crippen molar-refractivity contribution in [1.82, 2.24) is 15.3 Å². The number of carbonyl (C=O) groups is 2. The van der Waals surface area contributed by atoms with Crippen LogP contribution in [0, 0.1) is 0 Å². The summed E-state index contributed by atoms with van der Waals surface area (Å²) in [5, 5.41) is 5.73. The summed E-state index contributed by atoms with van der Waals surface area (Å²) in [6.45, 7) is 5.79. The quantitative estimate of drug-likeness (QED) is 0.792. The second-order valence-corrected chi connectivity index (χ2v) is 5.31. The van der Waals surface area contributed by atoms with Crippen molar-refractivity contribution in [2.75, 3.05) is 11.9 Å². The van der Waals surface area contributed by atoms with Gasteiger partial charge in [0.05, 0.1) is 23.4 Å². The first-order valence-electron chi connectivity index (χ1n) is 7.67. The zero-order valence-electron chi connectivity index (χ0n) is 13.9. The third kappa shape index (κ3) is 4.52. The molecule has 0 aliphatic rings. The Kier molecular flexibility index (Phi) is 5.83. The second-order valence-electron chi connectivity index (χ2n) is 5.31. The van der Waals surface area contributed by atoms with E-state index in [1.165, 1.54) is 12.4 Å². The minimum absolute atomic E-state index is 0.0340. The molecule has 126 valence electrons. The third-order valence-corrected chi connectivity index (χ3v) is 3.00. The highest BCUT2D eigenvalue weighted by Crippen LogP contribution is 2.19. The Balaban J connectivity index is 2.15. The summed E-state index contributed by atoms with van der Waals surface area (Å²) < 4.78 is 5.02. The molecule has 24 heavy (non-hydrogen) atoms. The smallest absolute Gasteiger partial charge is 0.340 e. The first-order chi connectivity index (χ1) is 11.5. The van der Waals surface area contributed by atoms with Gasteiger partial charge in [-0.05, 0) is 32.9 Å². The molecule has 0 aliphatic heterocycles. The van der Waals surface area contributed by atoms with Crippen LogP contribution in [0.4, 0.5) is 11.6 Å². The topological polar surface area (TPSA) is 93.2 Å². The Labute approximate surface area is 140 Å². The van der Waals surface area contributed by atoms with Gasteiger partial charge in [0, 0.05) is 18.4 Å². The Hall–Kier alpha value is -2.96. The van der Waals surface area contributed by atoms with Gasteiger partial charge in [-0.2, -0.15) is 0 Å². The van der Waals surface area contributed by atoms with Crippen LogP contribution < -0.4 is 10.6 Å². The number of amides is 1. The van der Waals surface area contributed by atoms with E-state index in [4.69, 9.17) is 4.74 Å². The largest absolute Gasteiger partial charge is 0.462 e. The standard InChI is InChI=1S/C17H20N4O3/c1-4-24-16(23)13-7-5-6-8-14(13)21-17-18-9-12(10-19-17)15(22)20-11(2)3/h5-11H,4H2,1-3H3,(H,20,22)(H,18,19,21). The number of para-hydroxylation sites is 1. The number of hydrogen-bond acceptors (Lipinski definition) is 6. The summed E-state index contributed by atoms with van der Waals surface area (Å²) in [6, 6.07) is 6.96. The fraction of sp³-hybridized carbons (Fsp3) is 0.294. The van der Waals surface area contributed by atoms with Gasteiger partial charge in [-0.25, -0.2) is 14.8 Å². The van der Waals surface area contributed by atoms with Crippen molar-refractivity contribution in [2.24, 2.45) is 0 Å². The third-order valence-electron chi connectivity index (χ3n) is 3.00. The van der Waals surface area contributed by atoms with E-state index in [1.807, 2.05) is 13.8 Å². The molecule has 2 N–H and O–H groups in total. The molecular weight excluding hydrogens is 308 g/mol. The maximum atomic E-state index is 11.9. The van der Waals surface area contributed by atoms with E-state index in [2.05, 4.69) is 20.6 Å². The number of benzene rings is 1. The van der Waals surface area contributed by atoms with Crippen LogP contribution >= 0.6 is 0 Å². The Morgan fingerprint density at radius 3 is 2.46 bits per heavy atom. The predicted octanol–water partition coefficient (Wildman–Crippen LogP) is 2.54. The lowest BCUT2D eigenvalue weighted by Gasteiger charge is -2.11. The molecular formula is C17H20N4O3. The zero-order valence-corrected chi connectivity index (χ0v) is 13.9. The summed E-state index contributed by atoms with van der Waals surface area (Å²) in [6.07, 6.45) is 2.86. The van der Waals surface area contributed by atoms with E-state index in [0.29, 0.717) is 23.4 Å². The van der Waals surface area contributed by atoms with Crippen LogP contribution in [0.3, 0.4) is 0 Å². The Morgan fingerprint density at radius 2 is 1.83 bits per heavy atom. The summed E-state index contributed by atoms with van der Waals surface area (Å²) in [7, 11) is 0. The van der Waals surface area contributed by atoms with Crippen molar-refractivity contribution in [2.45, 2.75) is 26.8 Å². The molecule has 0 atom stereocenters. The second kappa shape index (κ2) is 8.05. The lowest BCUT2D eigenvalue weighted by Crippen LogP contribution is -2.30. The first-order valence-corrected chi connectivity index (χ1v) is 7.67. The van der Waals surface area contributed by atoms with Gasteiger partial charge in [0.15, 0.2) is 0 Å². The van der Waals surface area contributed by atoms with Crippen LogP contribution in [-0.2, 0) is 4.74 Å². The fourth-order valence-corrected chi connectivity index (χ4v) is 1.95. The summed E-state index contributed by atoms with van der Waals surface area (Å²) in [5.41, 5.74) is 1.30. The maximum absolute atomic E-state index is 11.9. The number of nitrogens with one attached hydrogen (secondary N) is 2. The molecule has 2 aromatic rings. The molecule has 7 nitrogen and oxygen atoms in total. The van der Waals surface area contributed by atoms with Gasteiger partial charge in [-0.3, -0.25) is 4.79 Å². The molecule has 0 saturated heterocycles. The van der Waals surface area contributed by atoms with Gasteiger partial charge < -0.3 is 15.4 Å². The minimum Gasteiger partial charge on any atom is -0.462 e. The van der Waals surface area contributed by atoms with Gasteiger partial charge in [-0.15, -0.1) is 0 Å². The maximum Gasteiger partial charge on any atom is 0.340 e. The van der Waals surface area contributed by atoms with Gasteiger partial charge in [-0.1, -0.05) is 12.1 Å². The minimum atomic E-state index is -0.423. The van der Waals surface area contributed by atoms with Crippen LogP contribution in [-0.4, -0.2) is 34.5 Å². The summed E-state index contributed by atoms with van der Waals surface area (Å²) in [5.74, 6) is -0.371. The molecule has 0 unspecified atom stereocenters. The van der Waals surface area contributed by atoms with Crippen molar-refractivity contribution >= 4 is 23.5 Å². The van der Waals surface area contributed by atoms with Crippen LogP contribution in [0.5, 0.6) is 0 Å². The lowest BCUT2D eigenvalue weighted by atomic mass is 10.2. The molecule has 0 saturated carbocycles. The highest BCUT2D eigenvalue weighted by Gasteiger charge is 2.13. The average Bonchev–Trinajstić information content (AvgIpc) is 2.55. The number of carbonyl (C=O) groups excluding carboxylic acids is 2. The molecule has 7 heteroatoms. The Bertz CT molecular complexity index is 714. The normalized spacial score (nSPS) is 10.3. The van der Waals surface area contributed by atoms with E-state index in [9.17, 15) is 9.59 Å². The predicted molar refractivity (Wildman–Crippen MR) is 90.3 cm³/mol. The van der Waals surface area contributed by atoms with Crippen molar-refractivity contribution < 1.29 is 14.3 Å². The summed E-state index contributed by atoms with van der Waals surface area (Å²) >= 11 is 0. The fourth-order valence-electron chi connectivity index (χ4n) is 1.95. The van der Waals surface area contributed by atoms with Crippen LogP contribution in [0.25, 0.3) is 0 Å². The number of anilines is 2. The SMILES string of the molecule is CCOC(=O)c1ccccc1Nc1ncc(C(=O)NC(C)C)cn1. The molecule has 0 aliphatic carbocycles. The number of esters is 1. The van der Waals surface area contributed by atoms with Crippen LogP contribution in [0.2, 0.25) is 0 Å². The molecule has 0 radical (unpaired) electrons. The van der Waals surface area contributed by atoms with Gasteiger partial charge >= 0.3 is 5.97 Å². The molecule has 0 bridgehead atoms. The molecule has 1 aromatic carbocycles. The van der Waals surface area contributed by atoms with E-state index >= 15 is 0 Å². The number of aromatic nitrogens is 2. The van der Waals surface area contributed by atoms with Crippen LogP contribution in [0.1, 0.15) is 41.5 Å². The van der Waals surface area contributed by atoms with E-state index in [1.54, 1.807) is 31.2 Å².